The lowest BCUT2D eigenvalue weighted by Crippen LogP contribution is -2.56. The van der Waals surface area contributed by atoms with E-state index in [4.69, 9.17) is 32.7 Å². The fraction of sp³-hybridized carbons (Fsp3) is 0.395. The third-order valence-corrected chi connectivity index (χ3v) is 8.90. The monoisotopic (exact) mass is 693 g/mol. The van der Waals surface area contributed by atoms with Crippen LogP contribution in [0.2, 0.25) is 10.0 Å². The van der Waals surface area contributed by atoms with Crippen molar-refractivity contribution in [3.05, 3.63) is 112 Å². The van der Waals surface area contributed by atoms with Crippen LogP contribution in [0.4, 0.5) is 5.69 Å². The van der Waals surface area contributed by atoms with Crippen LogP contribution in [0.25, 0.3) is 0 Å². The summed E-state index contributed by atoms with van der Waals surface area (Å²) in [5.74, 6) is -0.772. The lowest BCUT2D eigenvalue weighted by molar-refractivity contribution is -0.142. The molecule has 48 heavy (non-hydrogen) atoms. The van der Waals surface area contributed by atoms with Crippen molar-refractivity contribution in [2.75, 3.05) is 45.3 Å². The minimum absolute atomic E-state index is 0.138. The standard InChI is InChI=1S/C38H45Cl2N3O5/c1-25(2)23-41-24-33(47-5)35(48-6)31-11-7-8-12-32(31)42(36(44)27-13-17-29(39)18-14-27)21-9-10-22-43(34(26(3)4)38(41)46)37(45)28-15-19-30(40)20-16-28/h7-20,25-26,33-35H,21-24H2,1-6H3/b10-9+/t33-,34-,35-/m0/s1. The highest BCUT2D eigenvalue weighted by molar-refractivity contribution is 6.31. The van der Waals surface area contributed by atoms with Gasteiger partial charge >= 0.3 is 0 Å². The van der Waals surface area contributed by atoms with E-state index in [-0.39, 0.29) is 49.2 Å². The van der Waals surface area contributed by atoms with Gasteiger partial charge < -0.3 is 24.2 Å². The van der Waals surface area contributed by atoms with Gasteiger partial charge in [-0.1, -0.05) is 81.2 Å². The minimum Gasteiger partial charge on any atom is -0.377 e. The van der Waals surface area contributed by atoms with Crippen LogP contribution in [0.1, 0.15) is 60.1 Å². The predicted molar refractivity (Wildman–Crippen MR) is 192 cm³/mol. The largest absolute Gasteiger partial charge is 0.377 e. The number of rotatable bonds is 7. The van der Waals surface area contributed by atoms with E-state index < -0.39 is 18.2 Å². The summed E-state index contributed by atoms with van der Waals surface area (Å²) in [7, 11) is 3.19. The summed E-state index contributed by atoms with van der Waals surface area (Å²) in [6, 6.07) is 20.2. The number of methoxy groups -OCH3 is 2. The molecule has 0 saturated heterocycles. The van der Waals surface area contributed by atoms with Crippen LogP contribution >= 0.6 is 23.2 Å². The Morgan fingerprint density at radius 1 is 0.792 bits per heavy atom. The summed E-state index contributed by atoms with van der Waals surface area (Å²) in [6.07, 6.45) is 2.45. The molecule has 3 atom stereocenters. The van der Waals surface area contributed by atoms with Crippen LogP contribution in [0.5, 0.6) is 0 Å². The molecule has 0 N–H and O–H groups in total. The number of ether oxygens (including phenoxy) is 2. The summed E-state index contributed by atoms with van der Waals surface area (Å²) < 4.78 is 12.2. The molecule has 0 bridgehead atoms. The Hall–Kier alpha value is -3.69. The van der Waals surface area contributed by atoms with Gasteiger partial charge in [0.15, 0.2) is 0 Å². The van der Waals surface area contributed by atoms with E-state index >= 15 is 0 Å². The molecular formula is C38H45Cl2N3O5. The third kappa shape index (κ3) is 8.85. The van der Waals surface area contributed by atoms with Crippen LogP contribution in [0.3, 0.4) is 0 Å². The molecule has 3 aromatic rings. The fourth-order valence-electron chi connectivity index (χ4n) is 6.11. The molecule has 0 fully saturated rings. The highest BCUT2D eigenvalue weighted by Crippen LogP contribution is 2.34. The number of fused-ring (bicyclic) bond motifs is 1. The molecule has 0 aromatic heterocycles. The summed E-state index contributed by atoms with van der Waals surface area (Å²) in [5, 5.41) is 1.04. The number of nitrogens with zero attached hydrogens (tertiary/aromatic N) is 3. The van der Waals surface area contributed by atoms with Crippen molar-refractivity contribution in [3.8, 4) is 0 Å². The topological polar surface area (TPSA) is 79.4 Å². The molecule has 0 aliphatic carbocycles. The number of carbonyl (C=O) groups excluding carboxylic acids is 3. The van der Waals surface area contributed by atoms with E-state index in [1.165, 1.54) is 0 Å². The normalized spacial score (nSPS) is 20.1. The maximum atomic E-state index is 14.6. The van der Waals surface area contributed by atoms with Gasteiger partial charge in [0.05, 0.1) is 5.69 Å². The second-order valence-corrected chi connectivity index (χ2v) is 13.5. The van der Waals surface area contributed by atoms with Gasteiger partial charge in [0.1, 0.15) is 18.2 Å². The smallest absolute Gasteiger partial charge is 0.258 e. The lowest BCUT2D eigenvalue weighted by Gasteiger charge is -2.39. The Morgan fingerprint density at radius 2 is 1.35 bits per heavy atom. The number of para-hydroxylation sites is 1. The summed E-state index contributed by atoms with van der Waals surface area (Å²) in [6.45, 7) is 8.97. The third-order valence-electron chi connectivity index (χ3n) is 8.39. The second kappa shape index (κ2) is 17.1. The van der Waals surface area contributed by atoms with Crippen LogP contribution in [0, 0.1) is 11.8 Å². The quantitative estimate of drug-likeness (QED) is 0.239. The number of hydrogen-bond donors (Lipinski definition) is 0. The van der Waals surface area contributed by atoms with E-state index in [0.717, 1.165) is 5.56 Å². The second-order valence-electron chi connectivity index (χ2n) is 12.7. The molecule has 1 heterocycles. The maximum absolute atomic E-state index is 14.6. The molecule has 4 rings (SSSR count). The number of hydrogen-bond acceptors (Lipinski definition) is 5. The average molecular weight is 695 g/mol. The van der Waals surface area contributed by atoms with Crippen molar-refractivity contribution in [3.63, 3.8) is 0 Å². The van der Waals surface area contributed by atoms with Gasteiger partial charge in [0.25, 0.3) is 11.8 Å². The first kappa shape index (κ1) is 37.1. The van der Waals surface area contributed by atoms with Crippen molar-refractivity contribution >= 4 is 46.6 Å². The zero-order chi connectivity index (χ0) is 35.0. The Bertz CT molecular complexity index is 1580. The van der Waals surface area contributed by atoms with Crippen LogP contribution in [0.15, 0.2) is 84.9 Å². The summed E-state index contributed by atoms with van der Waals surface area (Å²) in [4.78, 5) is 48.0. The molecule has 256 valence electrons. The van der Waals surface area contributed by atoms with Gasteiger partial charge in [0, 0.05) is 67.1 Å². The van der Waals surface area contributed by atoms with E-state index in [1.807, 2.05) is 64.1 Å². The lowest BCUT2D eigenvalue weighted by atomic mass is 9.96. The number of anilines is 1. The SMILES string of the molecule is CO[C@H]1CN(CC(C)C)C(=O)[C@H](C(C)C)N(C(=O)c2ccc(Cl)cc2)C/C=C/CN(C(=O)c2ccc(Cl)cc2)c2ccccc2[C@@H]1OC. The first-order chi connectivity index (χ1) is 23.0. The molecule has 0 spiro atoms. The number of amides is 3. The fourth-order valence-corrected chi connectivity index (χ4v) is 6.36. The summed E-state index contributed by atoms with van der Waals surface area (Å²) in [5.41, 5.74) is 2.28. The van der Waals surface area contributed by atoms with Gasteiger partial charge in [-0.25, -0.2) is 0 Å². The summed E-state index contributed by atoms with van der Waals surface area (Å²) >= 11 is 12.3. The molecule has 8 nitrogen and oxygen atoms in total. The van der Waals surface area contributed by atoms with Crippen LogP contribution < -0.4 is 4.90 Å². The average Bonchev–Trinajstić information content (AvgIpc) is 3.06. The minimum atomic E-state index is -0.780. The highest BCUT2D eigenvalue weighted by Gasteiger charge is 2.38. The van der Waals surface area contributed by atoms with Crippen molar-refractivity contribution < 1.29 is 23.9 Å². The molecule has 3 amide bonds. The van der Waals surface area contributed by atoms with Crippen molar-refractivity contribution in [2.24, 2.45) is 11.8 Å². The Labute approximate surface area is 294 Å². The van der Waals surface area contributed by atoms with E-state index in [9.17, 15) is 14.4 Å². The Morgan fingerprint density at radius 3 is 1.90 bits per heavy atom. The van der Waals surface area contributed by atoms with Gasteiger partial charge in [-0.05, 0) is 66.4 Å². The number of benzene rings is 3. The molecule has 0 unspecified atom stereocenters. The molecule has 0 radical (unpaired) electrons. The van der Waals surface area contributed by atoms with Gasteiger partial charge in [-0.2, -0.15) is 0 Å². The number of halogens is 2. The molecular weight excluding hydrogens is 649 g/mol. The number of carbonyl (C=O) groups is 3. The van der Waals surface area contributed by atoms with Crippen LogP contribution in [-0.4, -0.2) is 80.1 Å². The Kier molecular flexibility index (Phi) is 13.2. The van der Waals surface area contributed by atoms with Crippen molar-refractivity contribution in [2.45, 2.75) is 45.9 Å². The molecule has 1 aliphatic rings. The van der Waals surface area contributed by atoms with Gasteiger partial charge in [-0.15, -0.1) is 0 Å². The molecule has 0 saturated carbocycles. The zero-order valence-corrected chi connectivity index (χ0v) is 29.9. The molecule has 1 aliphatic heterocycles. The molecule has 3 aromatic carbocycles. The van der Waals surface area contributed by atoms with E-state index in [2.05, 4.69) is 0 Å². The van der Waals surface area contributed by atoms with Crippen molar-refractivity contribution in [1.29, 1.82) is 0 Å². The van der Waals surface area contributed by atoms with Crippen LogP contribution in [-0.2, 0) is 14.3 Å². The van der Waals surface area contributed by atoms with E-state index in [1.54, 1.807) is 77.5 Å². The predicted octanol–water partition coefficient (Wildman–Crippen LogP) is 7.56. The van der Waals surface area contributed by atoms with Gasteiger partial charge in [-0.3, -0.25) is 14.4 Å². The first-order valence-corrected chi connectivity index (χ1v) is 16.9. The maximum Gasteiger partial charge on any atom is 0.258 e. The molecule has 10 heteroatoms. The van der Waals surface area contributed by atoms with Gasteiger partial charge in [0.2, 0.25) is 5.91 Å². The van der Waals surface area contributed by atoms with E-state index in [0.29, 0.717) is 33.4 Å². The first-order valence-electron chi connectivity index (χ1n) is 16.2. The Balaban J connectivity index is 1.90. The zero-order valence-electron chi connectivity index (χ0n) is 28.4. The van der Waals surface area contributed by atoms with Crippen molar-refractivity contribution in [1.82, 2.24) is 9.80 Å². The highest BCUT2D eigenvalue weighted by atomic mass is 35.5.